The first-order valence-corrected chi connectivity index (χ1v) is 15.5. The van der Waals surface area contributed by atoms with Gasteiger partial charge >= 0.3 is 111 Å². The Hall–Kier alpha value is 0.976. The van der Waals surface area contributed by atoms with Gasteiger partial charge in [0.2, 0.25) is 0 Å². The van der Waals surface area contributed by atoms with Crippen LogP contribution in [0.1, 0.15) is 59.3 Å². The fraction of sp³-hybridized carbons (Fsp3) is 1.00. The van der Waals surface area contributed by atoms with E-state index in [-0.39, 0.29) is 0 Å². The molecule has 0 bridgehead atoms. The van der Waals surface area contributed by atoms with Gasteiger partial charge in [-0.25, -0.2) is 0 Å². The predicted molar refractivity (Wildman–Crippen MR) is 76.6 cm³/mol. The molecule has 0 aromatic rings. The summed E-state index contributed by atoms with van der Waals surface area (Å²) in [6.45, 7) is 6.93. The van der Waals surface area contributed by atoms with Crippen LogP contribution in [0.15, 0.2) is 0 Å². The van der Waals surface area contributed by atoms with Crippen LogP contribution in [0, 0.1) is 0 Å². The second-order valence-electron chi connectivity index (χ2n) is 5.10. The molecule has 0 spiro atoms. The molecule has 0 aromatic carbocycles. The van der Waals surface area contributed by atoms with Gasteiger partial charge in [-0.15, -0.1) is 0 Å². The molecule has 0 amide bonds. The third kappa shape index (κ3) is 7.33. The summed E-state index contributed by atoms with van der Waals surface area (Å²) in [6.07, 6.45) is 8.33. The standard InChI is InChI=1S/3C4H9.CH2OSi.Sn/c3*1-3-4-2;1-2-3;/h3*1,3-4H2,2H3;1H2;. The molecule has 16 heavy (non-hydrogen) atoms. The summed E-state index contributed by atoms with van der Waals surface area (Å²) < 4.78 is 11.1. The molecule has 3 radical (unpaired) electrons. The molecule has 0 unspecified atom stereocenters. The van der Waals surface area contributed by atoms with Gasteiger partial charge in [-0.3, -0.25) is 0 Å². The maximum atomic E-state index is 5.40. The molecule has 0 saturated heterocycles. The SMILES string of the molecule is CCC[CH2][Sn]([CH2]CCC)([CH2]CCC)[CH2]O[Si]. The van der Waals surface area contributed by atoms with Crippen molar-refractivity contribution in [3.8, 4) is 0 Å². The van der Waals surface area contributed by atoms with E-state index in [1.807, 2.05) is 0 Å². The first kappa shape index (κ1) is 17.0. The van der Waals surface area contributed by atoms with Crippen molar-refractivity contribution in [1.29, 1.82) is 0 Å². The summed E-state index contributed by atoms with van der Waals surface area (Å²) in [5.74, 6) is 0. The van der Waals surface area contributed by atoms with Crippen LogP contribution in [0.25, 0.3) is 0 Å². The van der Waals surface area contributed by atoms with Gasteiger partial charge < -0.3 is 0 Å². The molecule has 0 fully saturated rings. The fourth-order valence-corrected chi connectivity index (χ4v) is 18.2. The third-order valence-electron chi connectivity index (χ3n) is 3.56. The van der Waals surface area contributed by atoms with Crippen molar-refractivity contribution in [2.45, 2.75) is 72.6 Å². The van der Waals surface area contributed by atoms with E-state index in [0.717, 1.165) is 4.62 Å². The monoisotopic (exact) mass is 349 g/mol. The van der Waals surface area contributed by atoms with E-state index in [1.54, 1.807) is 0 Å². The van der Waals surface area contributed by atoms with Crippen molar-refractivity contribution in [3.05, 3.63) is 0 Å². The number of unbranched alkanes of at least 4 members (excludes halogenated alkanes) is 3. The Morgan fingerprint density at radius 1 is 0.812 bits per heavy atom. The molecule has 0 N–H and O–H groups in total. The summed E-state index contributed by atoms with van der Waals surface area (Å²) >= 11 is -1.93. The van der Waals surface area contributed by atoms with Crippen LogP contribution >= 0.6 is 0 Å². The van der Waals surface area contributed by atoms with Crippen LogP contribution in [0.5, 0.6) is 0 Å². The van der Waals surface area contributed by atoms with E-state index in [2.05, 4.69) is 31.3 Å². The normalized spacial score (nSPS) is 12.0. The van der Waals surface area contributed by atoms with Gasteiger partial charge in [-0.2, -0.15) is 0 Å². The Morgan fingerprint density at radius 2 is 1.19 bits per heavy atom. The van der Waals surface area contributed by atoms with Gasteiger partial charge in [0.05, 0.1) is 0 Å². The van der Waals surface area contributed by atoms with Gasteiger partial charge in [0.15, 0.2) is 0 Å². The van der Waals surface area contributed by atoms with Gasteiger partial charge in [-0.1, -0.05) is 0 Å². The van der Waals surface area contributed by atoms with Crippen LogP contribution in [-0.4, -0.2) is 33.5 Å². The average molecular weight is 348 g/mol. The molecule has 95 valence electrons. The van der Waals surface area contributed by atoms with Crippen molar-refractivity contribution >= 4 is 28.9 Å². The molecule has 0 aliphatic heterocycles. The average Bonchev–Trinajstić information content (AvgIpc) is 2.31. The molecule has 0 saturated carbocycles. The number of rotatable bonds is 11. The second-order valence-corrected chi connectivity index (χ2v) is 19.1. The summed E-state index contributed by atoms with van der Waals surface area (Å²) in [5.41, 5.74) is 0. The van der Waals surface area contributed by atoms with Crippen molar-refractivity contribution in [2.75, 3.05) is 4.62 Å². The van der Waals surface area contributed by atoms with E-state index in [0.29, 0.717) is 0 Å². The van der Waals surface area contributed by atoms with Gasteiger partial charge in [0.25, 0.3) is 0 Å². The first-order valence-electron chi connectivity index (χ1n) is 7.03. The zero-order chi connectivity index (χ0) is 12.3. The summed E-state index contributed by atoms with van der Waals surface area (Å²) in [4.78, 5) is 0. The quantitative estimate of drug-likeness (QED) is 0.501. The minimum absolute atomic E-state index is 1.09. The van der Waals surface area contributed by atoms with E-state index in [9.17, 15) is 0 Å². The molecule has 0 aliphatic rings. The molecule has 0 aromatic heterocycles. The van der Waals surface area contributed by atoms with E-state index in [1.165, 1.54) is 51.8 Å². The van der Waals surface area contributed by atoms with Crippen LogP contribution in [0.4, 0.5) is 0 Å². The minimum atomic E-state index is -1.93. The van der Waals surface area contributed by atoms with Crippen molar-refractivity contribution in [1.82, 2.24) is 0 Å². The molecule has 0 atom stereocenters. The third-order valence-corrected chi connectivity index (χ3v) is 18.8. The molecular weight excluding hydrogens is 319 g/mol. The molecule has 0 heterocycles. The second kappa shape index (κ2) is 11.1. The zero-order valence-electron chi connectivity index (χ0n) is 11.5. The van der Waals surface area contributed by atoms with E-state index < -0.39 is 18.4 Å². The summed E-state index contributed by atoms with van der Waals surface area (Å²) in [6, 6.07) is 0. The van der Waals surface area contributed by atoms with Gasteiger partial charge in [0, 0.05) is 0 Å². The van der Waals surface area contributed by atoms with Gasteiger partial charge in [0.1, 0.15) is 0 Å². The summed E-state index contributed by atoms with van der Waals surface area (Å²) in [7, 11) is 3.26. The van der Waals surface area contributed by atoms with E-state index in [4.69, 9.17) is 4.43 Å². The van der Waals surface area contributed by atoms with E-state index >= 15 is 0 Å². The number of hydrogen-bond acceptors (Lipinski definition) is 1. The van der Waals surface area contributed by atoms with Crippen molar-refractivity contribution in [3.63, 3.8) is 0 Å². The summed E-state index contributed by atoms with van der Waals surface area (Å²) in [5, 5.41) is 0. The molecule has 0 rings (SSSR count). The molecule has 1 nitrogen and oxygen atoms in total. The first-order chi connectivity index (χ1) is 7.74. The molecular formula is C13H29OSiSn. The Kier molecular flexibility index (Phi) is 11.8. The van der Waals surface area contributed by atoms with Crippen LogP contribution in [0.3, 0.4) is 0 Å². The van der Waals surface area contributed by atoms with Crippen molar-refractivity contribution < 1.29 is 4.43 Å². The van der Waals surface area contributed by atoms with Gasteiger partial charge in [-0.05, 0) is 0 Å². The Labute approximate surface area is 110 Å². The number of hydrogen-bond donors (Lipinski definition) is 0. The molecule has 0 aliphatic carbocycles. The van der Waals surface area contributed by atoms with Crippen molar-refractivity contribution in [2.24, 2.45) is 0 Å². The van der Waals surface area contributed by atoms with Crippen LogP contribution in [0.2, 0.25) is 13.3 Å². The Bertz CT molecular complexity index is 131. The van der Waals surface area contributed by atoms with Crippen LogP contribution in [-0.2, 0) is 4.43 Å². The fourth-order valence-electron chi connectivity index (χ4n) is 2.40. The Morgan fingerprint density at radius 3 is 1.44 bits per heavy atom. The van der Waals surface area contributed by atoms with Crippen LogP contribution < -0.4 is 0 Å². The predicted octanol–water partition coefficient (Wildman–Crippen LogP) is 4.47. The maximum absolute atomic E-state index is 5.40. The molecule has 3 heteroatoms. The topological polar surface area (TPSA) is 9.23 Å². The zero-order valence-corrected chi connectivity index (χ0v) is 15.3. The Balaban J connectivity index is 4.32.